The van der Waals surface area contributed by atoms with E-state index in [1.54, 1.807) is 0 Å². The number of nitrogens with one attached hydrogen (secondary N) is 2. The molecule has 0 bridgehead atoms. The lowest BCUT2D eigenvalue weighted by Gasteiger charge is -2.30. The van der Waals surface area contributed by atoms with Crippen LogP contribution in [0.25, 0.3) is 0 Å². The molecule has 0 aliphatic carbocycles. The van der Waals surface area contributed by atoms with Crippen LogP contribution in [-0.4, -0.2) is 52.5 Å². The third-order valence-corrected chi connectivity index (χ3v) is 5.44. The lowest BCUT2D eigenvalue weighted by molar-refractivity contribution is 0.0917. The summed E-state index contributed by atoms with van der Waals surface area (Å²) in [5.74, 6) is 0.424. The predicted octanol–water partition coefficient (Wildman–Crippen LogP) is 1.04. The van der Waals surface area contributed by atoms with Gasteiger partial charge in [-0.3, -0.25) is 4.79 Å². The Balaban J connectivity index is 1.73. The maximum Gasteiger partial charge on any atom is 0.287 e. The molecule has 1 saturated heterocycles. The van der Waals surface area contributed by atoms with Crippen LogP contribution in [0.5, 0.6) is 0 Å². The van der Waals surface area contributed by atoms with E-state index in [9.17, 15) is 13.2 Å². The topological polar surface area (TPSA) is 91.6 Å². The first kappa shape index (κ1) is 18.0. The van der Waals surface area contributed by atoms with Crippen molar-refractivity contribution in [1.29, 1.82) is 0 Å². The molecule has 0 spiro atoms. The van der Waals surface area contributed by atoms with Crippen molar-refractivity contribution in [3.05, 3.63) is 17.9 Å². The van der Waals surface area contributed by atoms with Gasteiger partial charge in [0, 0.05) is 6.54 Å². The molecule has 0 aromatic carbocycles. The Labute approximate surface area is 137 Å². The van der Waals surface area contributed by atoms with Crippen molar-refractivity contribution in [2.45, 2.75) is 31.3 Å². The fourth-order valence-corrected chi connectivity index (χ4v) is 3.21. The van der Waals surface area contributed by atoms with Gasteiger partial charge < -0.3 is 14.6 Å². The summed E-state index contributed by atoms with van der Waals surface area (Å²) in [4.78, 5) is 14.3. The molecule has 1 aliphatic heterocycles. The van der Waals surface area contributed by atoms with Crippen molar-refractivity contribution in [3.8, 4) is 0 Å². The lowest BCUT2D eigenvalue weighted by Crippen LogP contribution is -2.35. The highest BCUT2D eigenvalue weighted by molar-refractivity contribution is 7.89. The molecule has 1 aromatic rings. The minimum atomic E-state index is -3.66. The largest absolute Gasteiger partial charge is 0.438 e. The maximum atomic E-state index is 11.9. The maximum absolute atomic E-state index is 11.9. The fourth-order valence-electron chi connectivity index (χ4n) is 2.56. The fraction of sp³-hybridized carbons (Fsp3) is 0.667. The van der Waals surface area contributed by atoms with Gasteiger partial charge in [0.15, 0.2) is 5.76 Å². The van der Waals surface area contributed by atoms with E-state index in [1.165, 1.54) is 32.0 Å². The normalized spacial score (nSPS) is 17.3. The number of furan rings is 1. The smallest absolute Gasteiger partial charge is 0.287 e. The molecule has 23 heavy (non-hydrogen) atoms. The molecule has 1 amide bonds. The molecular formula is C15H25N3O4S. The van der Waals surface area contributed by atoms with Crippen molar-refractivity contribution in [2.24, 2.45) is 5.92 Å². The van der Waals surface area contributed by atoms with Crippen molar-refractivity contribution in [2.75, 3.05) is 33.2 Å². The zero-order chi connectivity index (χ0) is 16.9. The van der Waals surface area contributed by atoms with E-state index in [-0.39, 0.29) is 10.9 Å². The number of amides is 1. The first-order valence-electron chi connectivity index (χ1n) is 7.96. The highest BCUT2D eigenvalue weighted by Crippen LogP contribution is 2.16. The molecule has 7 nitrogen and oxygen atoms in total. The van der Waals surface area contributed by atoms with Crippen molar-refractivity contribution >= 4 is 15.9 Å². The van der Waals surface area contributed by atoms with Crippen molar-refractivity contribution < 1.29 is 17.6 Å². The van der Waals surface area contributed by atoms with Crippen LogP contribution in [0.3, 0.4) is 0 Å². The second-order valence-corrected chi connectivity index (χ2v) is 7.78. The Kier molecular flexibility index (Phi) is 6.20. The van der Waals surface area contributed by atoms with E-state index in [0.717, 1.165) is 32.0 Å². The first-order valence-corrected chi connectivity index (χ1v) is 9.44. The van der Waals surface area contributed by atoms with E-state index < -0.39 is 15.9 Å². The molecule has 2 heterocycles. The molecule has 2 N–H and O–H groups in total. The molecule has 0 atom stereocenters. The van der Waals surface area contributed by atoms with Crippen molar-refractivity contribution in [1.82, 2.24) is 14.9 Å². The van der Waals surface area contributed by atoms with Gasteiger partial charge in [0.1, 0.15) is 0 Å². The minimum absolute atomic E-state index is 0.00521. The lowest BCUT2D eigenvalue weighted by atomic mass is 9.99. The number of hydrogen-bond acceptors (Lipinski definition) is 5. The molecular weight excluding hydrogens is 318 g/mol. The summed E-state index contributed by atoms with van der Waals surface area (Å²) >= 11 is 0. The zero-order valence-corrected chi connectivity index (χ0v) is 14.5. The summed E-state index contributed by atoms with van der Waals surface area (Å²) in [6, 6.07) is 2.64. The van der Waals surface area contributed by atoms with Crippen LogP contribution in [0.1, 0.15) is 36.7 Å². The average Bonchev–Trinajstić information content (AvgIpc) is 3.04. The molecule has 0 saturated carbocycles. The summed E-state index contributed by atoms with van der Waals surface area (Å²) < 4.78 is 30.3. The third kappa shape index (κ3) is 5.05. The van der Waals surface area contributed by atoms with Gasteiger partial charge in [0.25, 0.3) is 15.9 Å². The van der Waals surface area contributed by atoms with Crippen LogP contribution in [0.15, 0.2) is 21.6 Å². The number of nitrogens with zero attached hydrogens (tertiary/aromatic N) is 1. The number of carbonyl (C=O) groups is 1. The number of likely N-dealkylation sites (tertiary alicyclic amines) is 1. The molecule has 1 aliphatic rings. The zero-order valence-electron chi connectivity index (χ0n) is 13.7. The van der Waals surface area contributed by atoms with E-state index in [4.69, 9.17) is 4.42 Å². The predicted molar refractivity (Wildman–Crippen MR) is 86.7 cm³/mol. The standard InChI is InChI=1S/C15H25N3O4S/c1-12-6-10-18(11-7-12)9-3-8-17-15(19)13-4-5-14(22-13)23(20,21)16-2/h4-5,12,16H,3,6-11H2,1-2H3,(H,17,19). The molecule has 8 heteroatoms. The Morgan fingerprint density at radius 3 is 2.70 bits per heavy atom. The molecule has 130 valence electrons. The van der Waals surface area contributed by atoms with E-state index >= 15 is 0 Å². The van der Waals surface area contributed by atoms with E-state index in [2.05, 4.69) is 21.9 Å². The number of piperidine rings is 1. The van der Waals surface area contributed by atoms with Crippen LogP contribution in [0.4, 0.5) is 0 Å². The van der Waals surface area contributed by atoms with Gasteiger partial charge in [-0.25, -0.2) is 13.1 Å². The minimum Gasteiger partial charge on any atom is -0.438 e. The summed E-state index contributed by atoms with van der Waals surface area (Å²) in [5, 5.41) is 2.50. The van der Waals surface area contributed by atoms with Gasteiger partial charge in [-0.15, -0.1) is 0 Å². The SMILES string of the molecule is CNS(=O)(=O)c1ccc(C(=O)NCCCN2CCC(C)CC2)o1. The van der Waals surface area contributed by atoms with Crippen LogP contribution in [0.2, 0.25) is 0 Å². The Morgan fingerprint density at radius 2 is 2.04 bits per heavy atom. The van der Waals surface area contributed by atoms with Gasteiger partial charge in [-0.2, -0.15) is 0 Å². The van der Waals surface area contributed by atoms with Gasteiger partial charge in [0.2, 0.25) is 5.09 Å². The molecule has 1 fully saturated rings. The first-order chi connectivity index (χ1) is 10.9. The van der Waals surface area contributed by atoms with Crippen LogP contribution in [0, 0.1) is 5.92 Å². The van der Waals surface area contributed by atoms with Crippen LogP contribution < -0.4 is 10.0 Å². The second kappa shape index (κ2) is 7.94. The Hall–Kier alpha value is -1.38. The Bertz CT molecular complexity index is 618. The molecule has 0 radical (unpaired) electrons. The summed E-state index contributed by atoms with van der Waals surface area (Å²) in [6.07, 6.45) is 3.34. The van der Waals surface area contributed by atoms with Gasteiger partial charge in [-0.05, 0) is 64.0 Å². The third-order valence-electron chi connectivity index (χ3n) is 4.15. The highest BCUT2D eigenvalue weighted by atomic mass is 32.2. The second-order valence-electron chi connectivity index (χ2n) is 5.96. The van der Waals surface area contributed by atoms with Crippen LogP contribution >= 0.6 is 0 Å². The molecule has 0 unspecified atom stereocenters. The van der Waals surface area contributed by atoms with Gasteiger partial charge in [0.05, 0.1) is 0 Å². The monoisotopic (exact) mass is 343 g/mol. The van der Waals surface area contributed by atoms with Gasteiger partial charge >= 0.3 is 0 Å². The quantitative estimate of drug-likeness (QED) is 0.722. The average molecular weight is 343 g/mol. The van der Waals surface area contributed by atoms with Crippen LogP contribution in [-0.2, 0) is 10.0 Å². The number of sulfonamides is 1. The van der Waals surface area contributed by atoms with E-state index in [1.807, 2.05) is 0 Å². The summed E-state index contributed by atoms with van der Waals surface area (Å²) in [7, 11) is -2.37. The van der Waals surface area contributed by atoms with E-state index in [0.29, 0.717) is 6.54 Å². The summed E-state index contributed by atoms with van der Waals surface area (Å²) in [6.45, 7) is 6.03. The van der Waals surface area contributed by atoms with Gasteiger partial charge in [-0.1, -0.05) is 6.92 Å². The number of hydrogen-bond donors (Lipinski definition) is 2. The molecule has 1 aromatic heterocycles. The van der Waals surface area contributed by atoms with Crippen molar-refractivity contribution in [3.63, 3.8) is 0 Å². The Morgan fingerprint density at radius 1 is 1.35 bits per heavy atom. The number of carbonyl (C=O) groups excluding carboxylic acids is 1. The summed E-state index contributed by atoms with van der Waals surface area (Å²) in [5.41, 5.74) is 0. The number of rotatable bonds is 7. The molecule has 2 rings (SSSR count). The highest BCUT2D eigenvalue weighted by Gasteiger charge is 2.19.